The van der Waals surface area contributed by atoms with Gasteiger partial charge in [0.15, 0.2) is 6.29 Å². The molecule has 0 aliphatic carbocycles. The monoisotopic (exact) mass is 220 g/mol. The highest BCUT2D eigenvalue weighted by Gasteiger charge is 2.09. The van der Waals surface area contributed by atoms with Crippen molar-refractivity contribution in [2.75, 3.05) is 0 Å². The van der Waals surface area contributed by atoms with E-state index in [0.717, 1.165) is 22.3 Å². The molecule has 0 bridgehead atoms. The first kappa shape index (κ1) is 10.1. The van der Waals surface area contributed by atoms with Crippen molar-refractivity contribution < 1.29 is 9.18 Å². The van der Waals surface area contributed by atoms with Crippen LogP contribution in [0.4, 0.5) is 4.39 Å². The van der Waals surface area contributed by atoms with Crippen LogP contribution in [0, 0.1) is 12.7 Å². The third-order valence-corrected chi connectivity index (χ3v) is 3.23. The van der Waals surface area contributed by atoms with Crippen LogP contribution in [-0.4, -0.2) is 6.29 Å². The third kappa shape index (κ3) is 1.83. The first-order chi connectivity index (χ1) is 7.22. The lowest BCUT2D eigenvalue weighted by atomic mass is 10.0. The second-order valence-corrected chi connectivity index (χ2v) is 4.20. The molecule has 0 aliphatic rings. The van der Waals surface area contributed by atoms with E-state index in [-0.39, 0.29) is 5.82 Å². The van der Waals surface area contributed by atoms with E-state index in [1.807, 2.05) is 12.3 Å². The van der Waals surface area contributed by atoms with E-state index in [9.17, 15) is 9.18 Å². The summed E-state index contributed by atoms with van der Waals surface area (Å²) in [6, 6.07) is 6.36. The van der Waals surface area contributed by atoms with Gasteiger partial charge >= 0.3 is 0 Å². The average molecular weight is 220 g/mol. The maximum absolute atomic E-state index is 13.1. The maximum Gasteiger partial charge on any atom is 0.151 e. The Bertz CT molecular complexity index is 502. The third-order valence-electron chi connectivity index (χ3n) is 2.27. The first-order valence-corrected chi connectivity index (χ1v) is 5.39. The Morgan fingerprint density at radius 2 is 2.13 bits per heavy atom. The molecule has 0 saturated heterocycles. The van der Waals surface area contributed by atoms with E-state index in [2.05, 4.69) is 0 Å². The van der Waals surface area contributed by atoms with E-state index in [1.54, 1.807) is 12.1 Å². The zero-order valence-corrected chi connectivity index (χ0v) is 8.98. The van der Waals surface area contributed by atoms with Gasteiger partial charge < -0.3 is 0 Å². The topological polar surface area (TPSA) is 17.1 Å². The van der Waals surface area contributed by atoms with Crippen molar-refractivity contribution in [1.29, 1.82) is 0 Å². The number of hydrogen-bond donors (Lipinski definition) is 0. The highest BCUT2D eigenvalue weighted by Crippen LogP contribution is 2.31. The summed E-state index contributed by atoms with van der Waals surface area (Å²) in [6.45, 7) is 1.91. The zero-order valence-electron chi connectivity index (χ0n) is 8.16. The summed E-state index contributed by atoms with van der Waals surface area (Å²) in [7, 11) is 0. The summed E-state index contributed by atoms with van der Waals surface area (Å²) < 4.78 is 13.1. The highest BCUT2D eigenvalue weighted by atomic mass is 32.1. The van der Waals surface area contributed by atoms with Crippen molar-refractivity contribution in [3.05, 3.63) is 46.6 Å². The van der Waals surface area contributed by atoms with Crippen molar-refractivity contribution in [2.45, 2.75) is 6.92 Å². The van der Waals surface area contributed by atoms with E-state index < -0.39 is 0 Å². The predicted octanol–water partition coefficient (Wildman–Crippen LogP) is 3.68. The molecule has 0 unspecified atom stereocenters. The molecular weight excluding hydrogens is 211 g/mol. The van der Waals surface area contributed by atoms with Gasteiger partial charge in [-0.1, -0.05) is 6.07 Å². The molecule has 0 N–H and O–H groups in total. The van der Waals surface area contributed by atoms with Crippen molar-refractivity contribution in [2.24, 2.45) is 0 Å². The number of aldehydes is 1. The Balaban J connectivity index is 2.62. The lowest BCUT2D eigenvalue weighted by molar-refractivity contribution is 0.112. The number of aryl methyl sites for hydroxylation is 1. The summed E-state index contributed by atoms with van der Waals surface area (Å²) >= 11 is 1.45. The fourth-order valence-corrected chi connectivity index (χ4v) is 2.42. The summed E-state index contributed by atoms with van der Waals surface area (Å²) in [6.07, 6.45) is 0.802. The van der Waals surface area contributed by atoms with Gasteiger partial charge in [0.2, 0.25) is 0 Å². The molecule has 1 aromatic heterocycles. The Morgan fingerprint density at radius 1 is 1.33 bits per heavy atom. The van der Waals surface area contributed by atoms with Gasteiger partial charge in [0.25, 0.3) is 0 Å². The zero-order chi connectivity index (χ0) is 10.8. The fraction of sp³-hybridized carbons (Fsp3) is 0.0833. The van der Waals surface area contributed by atoms with Gasteiger partial charge in [-0.25, -0.2) is 4.39 Å². The van der Waals surface area contributed by atoms with Crippen LogP contribution in [0.1, 0.15) is 15.9 Å². The Hall–Kier alpha value is -1.48. The molecule has 76 valence electrons. The lowest BCUT2D eigenvalue weighted by Crippen LogP contribution is -1.86. The number of carbonyl (C=O) groups excluding carboxylic acids is 1. The molecule has 0 atom stereocenters. The number of carbonyl (C=O) groups is 1. The van der Waals surface area contributed by atoms with Gasteiger partial charge in [-0.15, -0.1) is 11.3 Å². The minimum absolute atomic E-state index is 0.277. The van der Waals surface area contributed by atoms with Crippen LogP contribution in [0.15, 0.2) is 29.6 Å². The van der Waals surface area contributed by atoms with Gasteiger partial charge in [-0.05, 0) is 41.6 Å². The minimum atomic E-state index is -0.277. The van der Waals surface area contributed by atoms with Gasteiger partial charge in [-0.3, -0.25) is 4.79 Å². The van der Waals surface area contributed by atoms with Crippen LogP contribution in [-0.2, 0) is 0 Å². The largest absolute Gasteiger partial charge is 0.298 e. The second-order valence-electron chi connectivity index (χ2n) is 3.28. The predicted molar refractivity (Wildman–Crippen MR) is 59.8 cm³/mol. The SMILES string of the molecule is Cc1ccc(F)cc1-c1sccc1C=O. The Morgan fingerprint density at radius 3 is 2.87 bits per heavy atom. The maximum atomic E-state index is 13.1. The summed E-state index contributed by atoms with van der Waals surface area (Å²) in [5.41, 5.74) is 2.39. The number of rotatable bonds is 2. The van der Waals surface area contributed by atoms with Crippen LogP contribution in [0.2, 0.25) is 0 Å². The van der Waals surface area contributed by atoms with Crippen LogP contribution in [0.3, 0.4) is 0 Å². The van der Waals surface area contributed by atoms with Crippen LogP contribution in [0.5, 0.6) is 0 Å². The molecular formula is C12H9FOS. The summed E-state index contributed by atoms with van der Waals surface area (Å²) in [5, 5.41) is 1.84. The van der Waals surface area contributed by atoms with Gasteiger partial charge in [0.05, 0.1) is 0 Å². The fourth-order valence-electron chi connectivity index (χ4n) is 1.47. The van der Waals surface area contributed by atoms with E-state index in [4.69, 9.17) is 0 Å². The molecule has 0 aliphatic heterocycles. The molecule has 2 aromatic rings. The lowest BCUT2D eigenvalue weighted by Gasteiger charge is -2.04. The number of benzene rings is 1. The molecule has 0 fully saturated rings. The van der Waals surface area contributed by atoms with Crippen molar-refractivity contribution in [3.63, 3.8) is 0 Å². The van der Waals surface area contributed by atoms with Crippen molar-refractivity contribution in [3.8, 4) is 10.4 Å². The molecule has 2 rings (SSSR count). The summed E-state index contributed by atoms with van der Waals surface area (Å²) in [5.74, 6) is -0.277. The van der Waals surface area contributed by atoms with Crippen LogP contribution in [0.25, 0.3) is 10.4 Å². The van der Waals surface area contributed by atoms with Crippen molar-refractivity contribution >= 4 is 17.6 Å². The average Bonchev–Trinajstić information content (AvgIpc) is 2.69. The molecule has 1 nitrogen and oxygen atoms in total. The molecule has 1 heterocycles. The molecule has 15 heavy (non-hydrogen) atoms. The van der Waals surface area contributed by atoms with E-state index in [0.29, 0.717) is 5.56 Å². The normalized spacial score (nSPS) is 10.3. The number of halogens is 1. The molecule has 1 aromatic carbocycles. The van der Waals surface area contributed by atoms with Crippen molar-refractivity contribution in [1.82, 2.24) is 0 Å². The molecule has 0 radical (unpaired) electrons. The smallest absolute Gasteiger partial charge is 0.151 e. The second kappa shape index (κ2) is 3.95. The highest BCUT2D eigenvalue weighted by molar-refractivity contribution is 7.14. The Kier molecular flexibility index (Phi) is 2.64. The minimum Gasteiger partial charge on any atom is -0.298 e. The number of hydrogen-bond acceptors (Lipinski definition) is 2. The molecule has 0 spiro atoms. The van der Waals surface area contributed by atoms with E-state index >= 15 is 0 Å². The molecule has 3 heteroatoms. The van der Waals surface area contributed by atoms with Crippen LogP contribution < -0.4 is 0 Å². The van der Waals surface area contributed by atoms with Gasteiger partial charge in [0.1, 0.15) is 5.82 Å². The quantitative estimate of drug-likeness (QED) is 0.706. The summed E-state index contributed by atoms with van der Waals surface area (Å²) in [4.78, 5) is 11.6. The van der Waals surface area contributed by atoms with Crippen LogP contribution >= 0.6 is 11.3 Å². The molecule has 0 saturated carbocycles. The molecule has 0 amide bonds. The van der Waals surface area contributed by atoms with Gasteiger partial charge in [0, 0.05) is 10.4 Å². The standard InChI is InChI=1S/C12H9FOS/c1-8-2-3-10(13)6-11(8)12-9(7-14)4-5-15-12/h2-7H,1H3. The van der Waals surface area contributed by atoms with Gasteiger partial charge in [-0.2, -0.15) is 0 Å². The number of thiophene rings is 1. The first-order valence-electron chi connectivity index (χ1n) is 4.51. The van der Waals surface area contributed by atoms with E-state index in [1.165, 1.54) is 23.5 Å². The Labute approximate surface area is 91.2 Å².